The number of benzene rings is 1. The predicted octanol–water partition coefficient (Wildman–Crippen LogP) is 3.54. The summed E-state index contributed by atoms with van der Waals surface area (Å²) in [6, 6.07) is 4.67. The highest BCUT2D eigenvalue weighted by atomic mass is 35.5. The monoisotopic (exact) mass is 560 g/mol. The van der Waals surface area contributed by atoms with Crippen LogP contribution >= 0.6 is 11.6 Å². The number of aromatic amines is 1. The van der Waals surface area contributed by atoms with E-state index in [9.17, 15) is 13.6 Å². The second kappa shape index (κ2) is 11.2. The van der Waals surface area contributed by atoms with Crippen molar-refractivity contribution < 1.29 is 8.78 Å². The lowest BCUT2D eigenvalue weighted by Crippen LogP contribution is -2.56. The van der Waals surface area contributed by atoms with Crippen LogP contribution < -0.4 is 21.6 Å². The molecule has 12 heteroatoms. The number of alkyl halides is 2. The summed E-state index contributed by atoms with van der Waals surface area (Å²) >= 11 is 6.33. The number of nitrogens with one attached hydrogen (secondary N) is 4. The minimum absolute atomic E-state index is 0.0184. The molecule has 3 aromatic rings. The Morgan fingerprint density at radius 3 is 2.79 bits per heavy atom. The summed E-state index contributed by atoms with van der Waals surface area (Å²) in [5, 5.41) is 16.8. The quantitative estimate of drug-likeness (QED) is 0.363. The Bertz CT molecular complexity index is 1370. The summed E-state index contributed by atoms with van der Waals surface area (Å²) in [5.74, 6) is 0.467. The number of aromatic nitrogens is 4. The Balaban J connectivity index is 1.33. The van der Waals surface area contributed by atoms with E-state index < -0.39 is 6.55 Å². The van der Waals surface area contributed by atoms with Crippen LogP contribution in [-0.4, -0.2) is 69.1 Å². The third kappa shape index (κ3) is 5.35. The van der Waals surface area contributed by atoms with Crippen molar-refractivity contribution >= 4 is 22.5 Å². The molecule has 4 unspecified atom stereocenters. The first kappa shape index (κ1) is 26.8. The fraction of sp³-hybridized carbons (Fsp3) is 0.593. The van der Waals surface area contributed by atoms with E-state index in [1.54, 1.807) is 29.2 Å². The molecule has 3 fully saturated rings. The highest BCUT2D eigenvalue weighted by molar-refractivity contribution is 6.31. The van der Waals surface area contributed by atoms with Crippen molar-refractivity contribution in [1.29, 1.82) is 0 Å². The average Bonchev–Trinajstić information content (AvgIpc) is 3.56. The lowest BCUT2D eigenvalue weighted by Gasteiger charge is -2.42. The molecule has 6 atom stereocenters. The van der Waals surface area contributed by atoms with Crippen molar-refractivity contribution in [2.45, 2.75) is 69.7 Å². The van der Waals surface area contributed by atoms with E-state index in [0.29, 0.717) is 29.6 Å². The zero-order valence-electron chi connectivity index (χ0n) is 21.9. The van der Waals surface area contributed by atoms with Crippen LogP contribution in [0.25, 0.3) is 22.2 Å². The van der Waals surface area contributed by atoms with Gasteiger partial charge in [0.15, 0.2) is 0 Å². The van der Waals surface area contributed by atoms with Gasteiger partial charge in [0.1, 0.15) is 0 Å². The molecule has 4 N–H and O–H groups in total. The molecule has 0 radical (unpaired) electrons. The molecular formula is C27H35ClF2N8O. The summed E-state index contributed by atoms with van der Waals surface area (Å²) in [6.07, 6.45) is 7.62. The van der Waals surface area contributed by atoms with Gasteiger partial charge in [-0.1, -0.05) is 24.9 Å². The van der Waals surface area contributed by atoms with E-state index in [0.717, 1.165) is 60.2 Å². The molecule has 0 spiro atoms. The van der Waals surface area contributed by atoms with E-state index in [2.05, 4.69) is 33.2 Å². The Morgan fingerprint density at radius 2 is 1.97 bits per heavy atom. The van der Waals surface area contributed by atoms with E-state index in [4.69, 9.17) is 16.6 Å². The molecule has 3 saturated heterocycles. The molecule has 2 bridgehead atoms. The molecule has 210 valence electrons. The van der Waals surface area contributed by atoms with Crippen LogP contribution in [0, 0.1) is 11.8 Å². The average molecular weight is 561 g/mol. The van der Waals surface area contributed by atoms with Gasteiger partial charge in [0.25, 0.3) is 5.56 Å². The summed E-state index contributed by atoms with van der Waals surface area (Å²) in [5.41, 5.74) is 4.84. The molecule has 6 rings (SSSR count). The van der Waals surface area contributed by atoms with E-state index >= 15 is 0 Å². The van der Waals surface area contributed by atoms with Crippen molar-refractivity contribution in [3.05, 3.63) is 46.1 Å². The Morgan fingerprint density at radius 1 is 1.10 bits per heavy atom. The molecule has 5 heterocycles. The van der Waals surface area contributed by atoms with Crippen molar-refractivity contribution in [2.75, 3.05) is 19.6 Å². The molecule has 2 aromatic heterocycles. The van der Waals surface area contributed by atoms with Crippen LogP contribution in [0.15, 0.2) is 35.5 Å². The van der Waals surface area contributed by atoms with Crippen LogP contribution in [0.1, 0.15) is 45.1 Å². The van der Waals surface area contributed by atoms with Crippen molar-refractivity contribution in [2.24, 2.45) is 11.8 Å². The third-order valence-corrected chi connectivity index (χ3v) is 8.99. The SMILES string of the molecule is C[C@@H]1CCC[C@H](n2cnc(-c3cc(Cl)cc4cn[nH]c34)cc2=O)C2CC(CCN2)C2C(CNN2C(F)F)NC1. The second-order valence-corrected chi connectivity index (χ2v) is 11.7. The number of hydrogen-bond acceptors (Lipinski definition) is 7. The van der Waals surface area contributed by atoms with Crippen LogP contribution in [0.2, 0.25) is 5.02 Å². The number of halogens is 3. The summed E-state index contributed by atoms with van der Waals surface area (Å²) in [4.78, 5) is 18.3. The van der Waals surface area contributed by atoms with Crippen molar-refractivity contribution in [1.82, 2.24) is 40.8 Å². The third-order valence-electron chi connectivity index (χ3n) is 8.77. The van der Waals surface area contributed by atoms with E-state index in [1.165, 1.54) is 0 Å². The first-order valence-corrected chi connectivity index (χ1v) is 14.2. The Hall–Kier alpha value is -2.44. The van der Waals surface area contributed by atoms with E-state index in [1.807, 2.05) is 6.07 Å². The minimum Gasteiger partial charge on any atom is -0.312 e. The molecule has 1 aromatic carbocycles. The largest absolute Gasteiger partial charge is 0.312 e. The molecule has 3 aliphatic heterocycles. The first-order chi connectivity index (χ1) is 18.9. The zero-order chi connectivity index (χ0) is 27.1. The molecule has 9 nitrogen and oxygen atoms in total. The molecule has 0 saturated carbocycles. The normalized spacial score (nSPS) is 30.7. The van der Waals surface area contributed by atoms with Gasteiger partial charge in [0.05, 0.1) is 29.8 Å². The van der Waals surface area contributed by atoms with Crippen molar-refractivity contribution in [3.63, 3.8) is 0 Å². The smallest absolute Gasteiger partial charge is 0.307 e. The maximum Gasteiger partial charge on any atom is 0.307 e. The number of rotatable bonds is 3. The maximum absolute atomic E-state index is 14.0. The summed E-state index contributed by atoms with van der Waals surface area (Å²) < 4.78 is 29.7. The summed E-state index contributed by atoms with van der Waals surface area (Å²) in [7, 11) is 0. The Kier molecular flexibility index (Phi) is 7.69. The topological polar surface area (TPSA) is 103 Å². The van der Waals surface area contributed by atoms with Crippen LogP contribution in [0.3, 0.4) is 0 Å². The fourth-order valence-electron chi connectivity index (χ4n) is 6.85. The minimum atomic E-state index is -2.57. The number of fused-ring (bicyclic) bond motifs is 5. The number of hydrazine groups is 1. The van der Waals surface area contributed by atoms with Crippen LogP contribution in [0.5, 0.6) is 0 Å². The lowest BCUT2D eigenvalue weighted by molar-refractivity contribution is -0.0841. The lowest BCUT2D eigenvalue weighted by atomic mass is 9.79. The first-order valence-electron chi connectivity index (χ1n) is 13.9. The number of H-pyrrole nitrogens is 1. The van der Waals surface area contributed by atoms with Gasteiger partial charge in [0.2, 0.25) is 0 Å². The second-order valence-electron chi connectivity index (χ2n) is 11.3. The number of hydrogen-bond donors (Lipinski definition) is 4. The zero-order valence-corrected chi connectivity index (χ0v) is 22.7. The maximum atomic E-state index is 14.0. The molecule has 3 aliphatic rings. The number of piperidine rings is 1. The van der Waals surface area contributed by atoms with Gasteiger partial charge in [-0.2, -0.15) is 18.9 Å². The van der Waals surface area contributed by atoms with Gasteiger partial charge in [-0.25, -0.2) is 10.4 Å². The standard InChI is InChI=1S/C27H35ClF2N8O/c1-15-3-2-4-23(21-8-16(5-6-31-21)26-22(32-11-15)13-35-38(26)27(29)30)37-14-33-20(10-24(37)39)19-9-18(28)7-17-12-34-36-25(17)19/h7,9-10,12,14-16,21-23,26-27,31-32,35H,2-6,8,11,13H2,1H3,(H,34,36)/t15-,16?,21?,22?,23+,26?/m1/s1. The highest BCUT2D eigenvalue weighted by Crippen LogP contribution is 2.35. The molecule has 39 heavy (non-hydrogen) atoms. The van der Waals surface area contributed by atoms with Gasteiger partial charge >= 0.3 is 6.55 Å². The van der Waals surface area contributed by atoms with Gasteiger partial charge in [-0.05, 0) is 62.7 Å². The van der Waals surface area contributed by atoms with E-state index in [-0.39, 0.29) is 35.6 Å². The van der Waals surface area contributed by atoms with Gasteiger partial charge in [-0.3, -0.25) is 14.5 Å². The van der Waals surface area contributed by atoms with Gasteiger partial charge in [0, 0.05) is 46.7 Å². The van der Waals surface area contributed by atoms with Gasteiger partial charge in [-0.15, -0.1) is 0 Å². The number of nitrogens with zero attached hydrogens (tertiary/aromatic N) is 4. The molecular weight excluding hydrogens is 526 g/mol. The predicted molar refractivity (Wildman–Crippen MR) is 147 cm³/mol. The van der Waals surface area contributed by atoms with Gasteiger partial charge < -0.3 is 10.6 Å². The molecule has 0 amide bonds. The van der Waals surface area contributed by atoms with Crippen LogP contribution in [0.4, 0.5) is 8.78 Å². The highest BCUT2D eigenvalue weighted by Gasteiger charge is 2.45. The fourth-order valence-corrected chi connectivity index (χ4v) is 7.08. The molecule has 0 aliphatic carbocycles. The van der Waals surface area contributed by atoms with Crippen molar-refractivity contribution in [3.8, 4) is 11.3 Å². The van der Waals surface area contributed by atoms with Crippen LogP contribution in [-0.2, 0) is 0 Å². The Labute approximate surface area is 230 Å². The summed E-state index contributed by atoms with van der Waals surface area (Å²) in [6.45, 7) is 1.64.